The highest BCUT2D eigenvalue weighted by Gasteiger charge is 2.18. The molecule has 0 aliphatic rings. The lowest BCUT2D eigenvalue weighted by molar-refractivity contribution is 0.478. The molecule has 1 aromatic carbocycles. The van der Waals surface area contributed by atoms with Crippen molar-refractivity contribution in [1.82, 2.24) is 0 Å². The molecular weight excluding hydrogens is 177 g/mol. The van der Waals surface area contributed by atoms with Crippen LogP contribution in [0.15, 0.2) is 0 Å². The Morgan fingerprint density at radius 2 is 1.62 bits per heavy atom. The molecule has 0 heterocycles. The average molecular weight is 187 g/mol. The predicted molar refractivity (Wildman–Crippen MR) is 44.9 cm³/mol. The summed E-state index contributed by atoms with van der Waals surface area (Å²) >= 11 is 0. The van der Waals surface area contributed by atoms with Crippen molar-refractivity contribution in [3.63, 3.8) is 0 Å². The van der Waals surface area contributed by atoms with Crippen LogP contribution in [-0.2, 0) is 6.42 Å². The molecule has 71 valence electrons. The van der Waals surface area contributed by atoms with E-state index in [9.17, 15) is 13.2 Å². The standard InChI is InChI=1S/C10H10F3/c1-4-7-5(2)9(12)10(13)6(3)8(7)11/h2,4H2,1,3H3. The average Bonchev–Trinajstić information content (AvgIpc) is 2.13. The molecule has 1 aromatic rings. The Morgan fingerprint density at radius 3 is 2.08 bits per heavy atom. The van der Waals surface area contributed by atoms with Gasteiger partial charge in [0.25, 0.3) is 0 Å². The zero-order valence-corrected chi connectivity index (χ0v) is 7.55. The van der Waals surface area contributed by atoms with E-state index in [2.05, 4.69) is 6.92 Å². The Balaban J connectivity index is 3.56. The second kappa shape index (κ2) is 3.40. The molecule has 0 aliphatic carbocycles. The van der Waals surface area contributed by atoms with Gasteiger partial charge < -0.3 is 0 Å². The van der Waals surface area contributed by atoms with Gasteiger partial charge in [0.15, 0.2) is 11.6 Å². The largest absolute Gasteiger partial charge is 0.206 e. The molecule has 0 spiro atoms. The number of benzene rings is 1. The van der Waals surface area contributed by atoms with Gasteiger partial charge in [-0.05, 0) is 31.4 Å². The van der Waals surface area contributed by atoms with Crippen LogP contribution in [0.1, 0.15) is 23.6 Å². The predicted octanol–water partition coefficient (Wildman–Crippen LogP) is 3.16. The number of rotatable bonds is 1. The Kier molecular flexibility index (Phi) is 2.64. The van der Waals surface area contributed by atoms with E-state index in [1.54, 1.807) is 6.92 Å². The van der Waals surface area contributed by atoms with Gasteiger partial charge >= 0.3 is 0 Å². The number of hydrogen-bond donors (Lipinski definition) is 0. The summed E-state index contributed by atoms with van der Waals surface area (Å²) in [5.41, 5.74) is -0.304. The summed E-state index contributed by atoms with van der Waals surface area (Å²) in [6.07, 6.45) is 0.308. The van der Waals surface area contributed by atoms with Crippen molar-refractivity contribution in [2.75, 3.05) is 0 Å². The topological polar surface area (TPSA) is 0 Å². The third-order valence-electron chi connectivity index (χ3n) is 2.10. The highest BCUT2D eigenvalue weighted by molar-refractivity contribution is 5.37. The van der Waals surface area contributed by atoms with Gasteiger partial charge in [-0.3, -0.25) is 0 Å². The molecule has 0 unspecified atom stereocenters. The maximum Gasteiger partial charge on any atom is 0.164 e. The second-order valence-corrected chi connectivity index (χ2v) is 2.88. The Morgan fingerprint density at radius 1 is 1.08 bits per heavy atom. The van der Waals surface area contributed by atoms with E-state index in [1.807, 2.05) is 0 Å². The molecule has 0 N–H and O–H groups in total. The molecule has 0 nitrogen and oxygen atoms in total. The zero-order chi connectivity index (χ0) is 10.2. The Bertz CT molecular complexity index is 314. The minimum Gasteiger partial charge on any atom is -0.206 e. The maximum atomic E-state index is 13.3. The van der Waals surface area contributed by atoms with E-state index < -0.39 is 17.5 Å². The molecule has 0 aromatic heterocycles. The van der Waals surface area contributed by atoms with Crippen LogP contribution in [0, 0.1) is 31.3 Å². The van der Waals surface area contributed by atoms with Gasteiger partial charge in [-0.25, -0.2) is 13.2 Å². The van der Waals surface area contributed by atoms with E-state index >= 15 is 0 Å². The molecular formula is C10H10F3. The summed E-state index contributed by atoms with van der Waals surface area (Å²) in [7, 11) is 0. The van der Waals surface area contributed by atoms with Gasteiger partial charge in [-0.2, -0.15) is 0 Å². The van der Waals surface area contributed by atoms with Crippen LogP contribution >= 0.6 is 0 Å². The van der Waals surface area contributed by atoms with Crippen LogP contribution in [0.25, 0.3) is 0 Å². The van der Waals surface area contributed by atoms with Crippen molar-refractivity contribution in [2.45, 2.75) is 20.3 Å². The molecule has 0 atom stereocenters. The van der Waals surface area contributed by atoms with E-state index in [0.29, 0.717) is 6.42 Å². The zero-order valence-electron chi connectivity index (χ0n) is 7.55. The normalized spacial score (nSPS) is 10.6. The lowest BCUT2D eigenvalue weighted by atomic mass is 10.0. The van der Waals surface area contributed by atoms with E-state index in [0.717, 1.165) is 0 Å². The van der Waals surface area contributed by atoms with Crippen LogP contribution in [0.3, 0.4) is 0 Å². The lowest BCUT2D eigenvalue weighted by Crippen LogP contribution is -2.04. The molecule has 0 bridgehead atoms. The number of halogens is 3. The SMILES string of the molecule is [CH2]c1c(F)c(F)c(C)c(F)c1CC. The molecule has 0 aliphatic heterocycles. The first-order valence-electron chi connectivity index (χ1n) is 3.98. The summed E-state index contributed by atoms with van der Waals surface area (Å²) in [6.45, 7) is 6.18. The summed E-state index contributed by atoms with van der Waals surface area (Å²) in [5, 5.41) is 0. The van der Waals surface area contributed by atoms with Crippen LogP contribution < -0.4 is 0 Å². The molecule has 1 rings (SSSR count). The fourth-order valence-electron chi connectivity index (χ4n) is 1.25. The van der Waals surface area contributed by atoms with Crippen LogP contribution in [0.2, 0.25) is 0 Å². The first-order chi connectivity index (χ1) is 6.00. The maximum absolute atomic E-state index is 13.3. The highest BCUT2D eigenvalue weighted by atomic mass is 19.2. The molecule has 13 heavy (non-hydrogen) atoms. The van der Waals surface area contributed by atoms with Gasteiger partial charge in [-0.1, -0.05) is 6.92 Å². The first-order valence-corrected chi connectivity index (χ1v) is 3.98. The quantitative estimate of drug-likeness (QED) is 0.592. The molecule has 0 saturated heterocycles. The van der Waals surface area contributed by atoms with Crippen molar-refractivity contribution >= 4 is 0 Å². The van der Waals surface area contributed by atoms with Crippen molar-refractivity contribution in [2.24, 2.45) is 0 Å². The van der Waals surface area contributed by atoms with Crippen LogP contribution in [-0.4, -0.2) is 0 Å². The summed E-state index contributed by atoms with van der Waals surface area (Å²) in [5.74, 6) is -2.87. The van der Waals surface area contributed by atoms with Crippen LogP contribution in [0.5, 0.6) is 0 Å². The third-order valence-corrected chi connectivity index (χ3v) is 2.10. The molecule has 0 saturated carbocycles. The fourth-order valence-corrected chi connectivity index (χ4v) is 1.25. The molecule has 1 radical (unpaired) electrons. The van der Waals surface area contributed by atoms with Crippen molar-refractivity contribution in [3.8, 4) is 0 Å². The van der Waals surface area contributed by atoms with Gasteiger partial charge in [0.2, 0.25) is 0 Å². The third kappa shape index (κ3) is 1.43. The van der Waals surface area contributed by atoms with Crippen molar-refractivity contribution in [3.05, 3.63) is 41.1 Å². The minimum atomic E-state index is -1.14. The monoisotopic (exact) mass is 187 g/mol. The first kappa shape index (κ1) is 10.1. The van der Waals surface area contributed by atoms with Gasteiger partial charge in [0, 0.05) is 5.56 Å². The number of hydrogen-bond acceptors (Lipinski definition) is 0. The van der Waals surface area contributed by atoms with Crippen molar-refractivity contribution < 1.29 is 13.2 Å². The van der Waals surface area contributed by atoms with Gasteiger partial charge in [-0.15, -0.1) is 0 Å². The smallest absolute Gasteiger partial charge is 0.164 e. The van der Waals surface area contributed by atoms with E-state index in [4.69, 9.17) is 0 Å². The van der Waals surface area contributed by atoms with Gasteiger partial charge in [0.05, 0.1) is 0 Å². The Labute approximate surface area is 75.4 Å². The summed E-state index contributed by atoms with van der Waals surface area (Å²) in [4.78, 5) is 0. The second-order valence-electron chi connectivity index (χ2n) is 2.88. The minimum absolute atomic E-state index is 0.149. The van der Waals surface area contributed by atoms with Crippen LogP contribution in [0.4, 0.5) is 13.2 Å². The molecule has 0 fully saturated rings. The van der Waals surface area contributed by atoms with E-state index in [1.165, 1.54) is 6.92 Å². The van der Waals surface area contributed by atoms with Gasteiger partial charge in [0.1, 0.15) is 5.82 Å². The summed E-state index contributed by atoms with van der Waals surface area (Å²) in [6, 6.07) is 0. The fraction of sp³-hybridized carbons (Fsp3) is 0.300. The van der Waals surface area contributed by atoms with Crippen molar-refractivity contribution in [1.29, 1.82) is 0 Å². The summed E-state index contributed by atoms with van der Waals surface area (Å²) < 4.78 is 39.2. The van der Waals surface area contributed by atoms with E-state index in [-0.39, 0.29) is 16.7 Å². The lowest BCUT2D eigenvalue weighted by Gasteiger charge is -2.09. The Hall–Kier alpha value is -0.990. The highest BCUT2D eigenvalue weighted by Crippen LogP contribution is 2.24. The molecule has 3 heteroatoms. The molecule has 0 amide bonds.